The van der Waals surface area contributed by atoms with Gasteiger partial charge in [-0.2, -0.15) is 0 Å². The highest BCUT2D eigenvalue weighted by molar-refractivity contribution is 5.86. The molecule has 0 saturated carbocycles. The summed E-state index contributed by atoms with van der Waals surface area (Å²) in [6.07, 6.45) is 5.16. The van der Waals surface area contributed by atoms with Crippen LogP contribution in [0.1, 0.15) is 60.9 Å². The van der Waals surface area contributed by atoms with Gasteiger partial charge in [-0.25, -0.2) is 9.78 Å². The van der Waals surface area contributed by atoms with E-state index in [1.54, 1.807) is 12.3 Å². The van der Waals surface area contributed by atoms with Gasteiger partial charge >= 0.3 is 5.97 Å². The largest absolute Gasteiger partial charge is 0.490 e. The van der Waals surface area contributed by atoms with Crippen LogP contribution in [0.15, 0.2) is 59.3 Å². The predicted octanol–water partition coefficient (Wildman–Crippen LogP) is 5.38. The summed E-state index contributed by atoms with van der Waals surface area (Å²) in [7, 11) is 0. The summed E-state index contributed by atoms with van der Waals surface area (Å²) in [6, 6.07) is 13.6. The molecule has 1 N–H and O–H groups in total. The molecule has 1 unspecified atom stereocenters. The van der Waals surface area contributed by atoms with Crippen molar-refractivity contribution in [2.45, 2.75) is 51.0 Å². The molecule has 34 heavy (non-hydrogen) atoms. The molecular weight excluding hydrogens is 434 g/mol. The van der Waals surface area contributed by atoms with Crippen molar-refractivity contribution in [3.05, 3.63) is 77.4 Å². The molecule has 0 bridgehead atoms. The average Bonchev–Trinajstić information content (AvgIpc) is 3.47. The van der Waals surface area contributed by atoms with Crippen LogP contribution in [0.4, 0.5) is 0 Å². The highest BCUT2D eigenvalue weighted by Gasteiger charge is 2.41. The molecule has 1 aliphatic heterocycles. The maximum Gasteiger partial charge on any atom is 0.372 e. The number of hydrogen-bond donors (Lipinski definition) is 1. The van der Waals surface area contributed by atoms with Crippen LogP contribution in [0.3, 0.4) is 0 Å². The second-order valence-electron chi connectivity index (χ2n) is 9.57. The zero-order valence-corrected chi connectivity index (χ0v) is 19.9. The van der Waals surface area contributed by atoms with Gasteiger partial charge in [-0.3, -0.25) is 0 Å². The van der Waals surface area contributed by atoms with E-state index in [-0.39, 0.29) is 11.2 Å². The van der Waals surface area contributed by atoms with E-state index in [1.165, 1.54) is 11.8 Å². The molecule has 7 heteroatoms. The van der Waals surface area contributed by atoms with Gasteiger partial charge in [0.1, 0.15) is 24.6 Å². The highest BCUT2D eigenvalue weighted by Crippen LogP contribution is 2.41. The number of pyridine rings is 1. The number of carboxylic acid groups (broad SMARTS) is 1. The van der Waals surface area contributed by atoms with Crippen LogP contribution in [0.5, 0.6) is 11.6 Å². The Morgan fingerprint density at radius 2 is 1.88 bits per heavy atom. The molecule has 0 radical (unpaired) electrons. The lowest BCUT2D eigenvalue weighted by Crippen LogP contribution is -2.29. The third-order valence-corrected chi connectivity index (χ3v) is 6.06. The number of nitrogens with zero attached hydrogens (tertiary/aromatic N) is 1. The van der Waals surface area contributed by atoms with Gasteiger partial charge in [0.2, 0.25) is 11.6 Å². The van der Waals surface area contributed by atoms with Crippen LogP contribution in [-0.4, -0.2) is 35.9 Å². The molecule has 1 saturated heterocycles. The van der Waals surface area contributed by atoms with Gasteiger partial charge in [0.15, 0.2) is 0 Å². The molecule has 0 aliphatic carbocycles. The molecule has 3 aromatic rings. The predicted molar refractivity (Wildman–Crippen MR) is 127 cm³/mol. The third kappa shape index (κ3) is 5.42. The Morgan fingerprint density at radius 3 is 2.56 bits per heavy atom. The first-order valence-electron chi connectivity index (χ1n) is 11.5. The zero-order valence-electron chi connectivity index (χ0n) is 19.9. The first-order valence-corrected chi connectivity index (χ1v) is 11.5. The van der Waals surface area contributed by atoms with E-state index >= 15 is 0 Å². The van der Waals surface area contributed by atoms with Gasteiger partial charge in [-0.1, -0.05) is 32.9 Å². The fourth-order valence-electron chi connectivity index (χ4n) is 4.30. The lowest BCUT2D eigenvalue weighted by molar-refractivity contribution is -0.00172. The van der Waals surface area contributed by atoms with Crippen LogP contribution in [0, 0.1) is 0 Å². The van der Waals surface area contributed by atoms with E-state index in [1.807, 2.05) is 24.3 Å². The Bertz CT molecular complexity index is 1110. The number of ether oxygens (including phenoxy) is 3. The lowest BCUT2D eigenvalue weighted by atomic mass is 9.85. The average molecular weight is 466 g/mol. The molecule has 2 aromatic heterocycles. The van der Waals surface area contributed by atoms with E-state index in [0.29, 0.717) is 44.1 Å². The molecular formula is C27H31NO6. The first-order chi connectivity index (χ1) is 16.3. The third-order valence-electron chi connectivity index (χ3n) is 6.06. The molecule has 4 rings (SSSR count). The molecule has 1 aromatic carbocycles. The van der Waals surface area contributed by atoms with Crippen molar-refractivity contribution in [3.8, 4) is 11.6 Å². The van der Waals surface area contributed by atoms with Crippen LogP contribution < -0.4 is 9.47 Å². The maximum absolute atomic E-state index is 11.6. The van der Waals surface area contributed by atoms with Crippen LogP contribution in [0.25, 0.3) is 0 Å². The van der Waals surface area contributed by atoms with E-state index in [4.69, 9.17) is 18.6 Å². The van der Waals surface area contributed by atoms with E-state index < -0.39 is 11.6 Å². The Kier molecular flexibility index (Phi) is 6.93. The van der Waals surface area contributed by atoms with Crippen molar-refractivity contribution in [2.75, 3.05) is 19.8 Å². The number of rotatable bonds is 9. The molecule has 0 spiro atoms. The summed E-state index contributed by atoms with van der Waals surface area (Å²) in [5.74, 6) is 0.123. The Hall–Kier alpha value is -3.32. The Balaban J connectivity index is 1.36. The lowest BCUT2D eigenvalue weighted by Gasteiger charge is -2.28. The number of benzene rings is 1. The van der Waals surface area contributed by atoms with Gasteiger partial charge in [0.05, 0.1) is 6.26 Å². The van der Waals surface area contributed by atoms with Gasteiger partial charge in [-0.05, 0) is 53.6 Å². The van der Waals surface area contributed by atoms with Crippen LogP contribution in [0.2, 0.25) is 0 Å². The quantitative estimate of drug-likeness (QED) is 0.424. The number of aromatic nitrogens is 1. The smallest absolute Gasteiger partial charge is 0.372 e. The molecule has 1 aliphatic rings. The van der Waals surface area contributed by atoms with E-state index in [0.717, 1.165) is 17.7 Å². The molecule has 0 amide bonds. The molecule has 1 atom stereocenters. The normalized spacial score (nSPS) is 18.1. The molecule has 1 fully saturated rings. The van der Waals surface area contributed by atoms with Crippen molar-refractivity contribution in [2.24, 2.45) is 0 Å². The number of carboxylic acids is 1. The number of carbonyl (C=O) groups is 1. The fourth-order valence-corrected chi connectivity index (χ4v) is 4.30. The van der Waals surface area contributed by atoms with E-state index in [2.05, 4.69) is 37.9 Å². The fraction of sp³-hybridized carbons (Fsp3) is 0.407. The second-order valence-corrected chi connectivity index (χ2v) is 9.57. The Labute approximate surface area is 199 Å². The first kappa shape index (κ1) is 23.8. The van der Waals surface area contributed by atoms with Crippen molar-refractivity contribution >= 4 is 5.97 Å². The second kappa shape index (κ2) is 9.89. The van der Waals surface area contributed by atoms with Crippen molar-refractivity contribution in [1.29, 1.82) is 0 Å². The van der Waals surface area contributed by atoms with Crippen molar-refractivity contribution in [3.63, 3.8) is 0 Å². The van der Waals surface area contributed by atoms with Gasteiger partial charge < -0.3 is 23.7 Å². The number of aromatic carboxylic acids is 1. The minimum atomic E-state index is -1.10. The van der Waals surface area contributed by atoms with Crippen molar-refractivity contribution < 1.29 is 28.5 Å². The van der Waals surface area contributed by atoms with Crippen LogP contribution >= 0.6 is 0 Å². The molecule has 3 heterocycles. The van der Waals surface area contributed by atoms with Crippen molar-refractivity contribution in [1.82, 2.24) is 4.98 Å². The summed E-state index contributed by atoms with van der Waals surface area (Å²) >= 11 is 0. The summed E-state index contributed by atoms with van der Waals surface area (Å²) in [5, 5.41) is 9.50. The Morgan fingerprint density at radius 1 is 1.12 bits per heavy atom. The molecule has 180 valence electrons. The van der Waals surface area contributed by atoms with E-state index in [9.17, 15) is 9.90 Å². The van der Waals surface area contributed by atoms with Gasteiger partial charge in [-0.15, -0.1) is 0 Å². The zero-order chi connectivity index (χ0) is 24.2. The van der Waals surface area contributed by atoms with Gasteiger partial charge in [0, 0.05) is 30.9 Å². The maximum atomic E-state index is 11.6. The minimum Gasteiger partial charge on any atom is -0.490 e. The number of furan rings is 1. The SMILES string of the molecule is CC(C)(C)c1ccc(OCCOc2cc(CC3(c4ccoc4C(=O)O)CCCO3)ccn2)cc1. The standard InChI is InChI=1S/C27H31NO6/c1-26(2,3)20-5-7-21(8-6-20)31-15-16-32-23-17-19(9-12-28-23)18-27(11-4-13-34-27)22-10-14-33-24(22)25(29)30/h5-10,12,14,17H,4,11,13,15-16,18H2,1-3H3,(H,29,30). The summed E-state index contributed by atoms with van der Waals surface area (Å²) in [5.41, 5.74) is 2.15. The monoisotopic (exact) mass is 465 g/mol. The topological polar surface area (TPSA) is 91.0 Å². The summed E-state index contributed by atoms with van der Waals surface area (Å²) < 4.78 is 22.9. The minimum absolute atomic E-state index is 0.0693. The summed E-state index contributed by atoms with van der Waals surface area (Å²) in [6.45, 7) is 7.86. The van der Waals surface area contributed by atoms with Gasteiger partial charge in [0.25, 0.3) is 0 Å². The summed E-state index contributed by atoms with van der Waals surface area (Å²) in [4.78, 5) is 15.9. The highest BCUT2D eigenvalue weighted by atomic mass is 16.5. The number of hydrogen-bond acceptors (Lipinski definition) is 6. The van der Waals surface area contributed by atoms with Crippen LogP contribution in [-0.2, 0) is 22.2 Å². The molecule has 7 nitrogen and oxygen atoms in total.